The fraction of sp³-hybridized carbons (Fsp3) is 0.379. The maximum absolute atomic E-state index is 13.7. The first-order chi connectivity index (χ1) is 19.5. The van der Waals surface area contributed by atoms with Gasteiger partial charge in [-0.25, -0.2) is 4.90 Å². The summed E-state index contributed by atoms with van der Waals surface area (Å²) >= 11 is 39.4. The first kappa shape index (κ1) is 30.0. The van der Waals surface area contributed by atoms with Gasteiger partial charge in [-0.3, -0.25) is 19.2 Å². The van der Waals surface area contributed by atoms with Crippen LogP contribution in [0.3, 0.4) is 0 Å². The van der Waals surface area contributed by atoms with Crippen molar-refractivity contribution in [1.82, 2.24) is 0 Å². The number of fused-ring (bicyclic) bond motifs is 5. The highest BCUT2D eigenvalue weighted by atomic mass is 35.5. The van der Waals surface area contributed by atoms with Gasteiger partial charge in [-0.15, -0.1) is 23.2 Å². The van der Waals surface area contributed by atoms with E-state index in [9.17, 15) is 19.2 Å². The predicted molar refractivity (Wildman–Crippen MR) is 163 cm³/mol. The van der Waals surface area contributed by atoms with Crippen LogP contribution in [-0.2, 0) is 19.2 Å². The zero-order valence-corrected chi connectivity index (χ0v) is 26.8. The topological polar surface area (TPSA) is 84.0 Å². The Labute approximate surface area is 271 Å². The van der Waals surface area contributed by atoms with Crippen molar-refractivity contribution < 1.29 is 23.9 Å². The van der Waals surface area contributed by atoms with Crippen molar-refractivity contribution in [2.45, 2.75) is 41.3 Å². The van der Waals surface area contributed by atoms with Crippen molar-refractivity contribution in [2.75, 3.05) is 16.3 Å². The van der Waals surface area contributed by atoms with Crippen molar-refractivity contribution in [3.63, 3.8) is 0 Å². The van der Waals surface area contributed by atoms with E-state index in [1.807, 2.05) is 32.0 Å². The number of hydrogen-bond acceptors (Lipinski definition) is 5. The number of esters is 1. The highest BCUT2D eigenvalue weighted by Gasteiger charge is 2.87. The fourth-order valence-electron chi connectivity index (χ4n) is 6.60. The highest BCUT2D eigenvalue weighted by molar-refractivity contribution is 6.67. The SMILES string of the molecule is Cc1cc(C)cc(N2C[C@H](C(=O)Oc3ccc(N4C(=O)[C@@H]5[C@@H](C4=O)[C@@]4(Cl)C(Cl)=C(Cl)[C@@]5(Cl)C4(Cl)Cl)c(C)c3)CC2=O)c1. The second-order valence-electron chi connectivity index (χ2n) is 11.2. The van der Waals surface area contributed by atoms with E-state index in [4.69, 9.17) is 74.3 Å². The summed E-state index contributed by atoms with van der Waals surface area (Å²) in [7, 11) is 0. The molecular formula is C29H22Cl6N2O5. The summed E-state index contributed by atoms with van der Waals surface area (Å²) < 4.78 is 3.59. The van der Waals surface area contributed by atoms with E-state index in [-0.39, 0.29) is 40.4 Å². The second kappa shape index (κ2) is 9.75. The number of benzene rings is 2. The molecule has 0 spiro atoms. The Bertz CT molecular complexity index is 1590. The monoisotopic (exact) mass is 688 g/mol. The first-order valence-corrected chi connectivity index (χ1v) is 15.2. The minimum atomic E-state index is -2.02. The van der Waals surface area contributed by atoms with E-state index in [2.05, 4.69) is 0 Å². The molecule has 42 heavy (non-hydrogen) atoms. The molecule has 2 bridgehead atoms. The zero-order valence-electron chi connectivity index (χ0n) is 22.3. The van der Waals surface area contributed by atoms with Gasteiger partial charge in [-0.2, -0.15) is 0 Å². The number of aryl methyl sites for hydroxylation is 3. The minimum Gasteiger partial charge on any atom is -0.426 e. The summed E-state index contributed by atoms with van der Waals surface area (Å²) in [5.74, 6) is -5.08. The third-order valence-electron chi connectivity index (χ3n) is 8.51. The number of amides is 3. The highest BCUT2D eigenvalue weighted by Crippen LogP contribution is 2.77. The van der Waals surface area contributed by atoms with E-state index in [0.717, 1.165) is 21.7 Å². The molecule has 3 amide bonds. The van der Waals surface area contributed by atoms with Gasteiger partial charge < -0.3 is 9.64 Å². The number of anilines is 2. The van der Waals surface area contributed by atoms with E-state index in [0.29, 0.717) is 5.56 Å². The summed E-state index contributed by atoms with van der Waals surface area (Å²) in [6.45, 7) is 5.73. The normalized spacial score (nSPS) is 31.5. The number of allylic oxidation sites excluding steroid dienone is 2. The Morgan fingerprint density at radius 3 is 1.93 bits per heavy atom. The molecule has 3 fully saturated rings. The number of halogens is 6. The standard InChI is InChI=1S/C29H22Cl6N2O5/c1-12-6-13(2)8-16(7-12)36-11-15(10-19(36)38)26(41)42-17-4-5-18(14(3)9-17)37-24(39)20-21(25(37)40)28(33)23(31)22(30)27(20,32)29(28,34)35/h4-9,15,20-21H,10-11H2,1-3H3/t15-,20+,21+,27-,28-/m1/s1. The van der Waals surface area contributed by atoms with Crippen LogP contribution in [0, 0.1) is 38.5 Å². The van der Waals surface area contributed by atoms with Crippen LogP contribution >= 0.6 is 69.6 Å². The molecule has 6 rings (SSSR count). The number of alkyl halides is 4. The molecule has 2 heterocycles. The van der Waals surface area contributed by atoms with Crippen LogP contribution in [0.4, 0.5) is 11.4 Å². The van der Waals surface area contributed by atoms with Crippen LogP contribution in [0.5, 0.6) is 5.75 Å². The van der Waals surface area contributed by atoms with Gasteiger partial charge in [0, 0.05) is 18.7 Å². The number of carbonyl (C=O) groups excluding carboxylic acids is 4. The number of hydrogen-bond donors (Lipinski definition) is 0. The summed E-state index contributed by atoms with van der Waals surface area (Å²) in [6.07, 6.45) is 0.0184. The molecule has 0 radical (unpaired) electrons. The molecule has 0 aromatic heterocycles. The molecule has 0 N–H and O–H groups in total. The molecule has 2 saturated heterocycles. The van der Waals surface area contributed by atoms with Crippen molar-refractivity contribution in [3.05, 3.63) is 63.2 Å². The van der Waals surface area contributed by atoms with Crippen LogP contribution in [-0.4, -0.2) is 44.3 Å². The van der Waals surface area contributed by atoms with Gasteiger partial charge >= 0.3 is 5.97 Å². The zero-order chi connectivity index (χ0) is 30.7. The predicted octanol–water partition coefficient (Wildman–Crippen LogP) is 6.52. The van der Waals surface area contributed by atoms with Crippen LogP contribution in [0.1, 0.15) is 23.1 Å². The Morgan fingerprint density at radius 1 is 0.857 bits per heavy atom. The Balaban J connectivity index is 1.21. The lowest BCUT2D eigenvalue weighted by Crippen LogP contribution is -2.50. The second-order valence-corrected chi connectivity index (χ2v) is 14.5. The molecule has 220 valence electrons. The maximum Gasteiger partial charge on any atom is 0.316 e. The van der Waals surface area contributed by atoms with Crippen molar-refractivity contribution >= 4 is 105 Å². The van der Waals surface area contributed by atoms with Gasteiger partial charge in [0.2, 0.25) is 17.7 Å². The molecule has 13 heteroatoms. The van der Waals surface area contributed by atoms with E-state index >= 15 is 0 Å². The molecule has 0 unspecified atom stereocenters. The van der Waals surface area contributed by atoms with Crippen LogP contribution in [0.2, 0.25) is 0 Å². The van der Waals surface area contributed by atoms with E-state index in [1.165, 1.54) is 18.2 Å². The van der Waals surface area contributed by atoms with Crippen molar-refractivity contribution in [1.29, 1.82) is 0 Å². The smallest absolute Gasteiger partial charge is 0.316 e. The summed E-state index contributed by atoms with van der Waals surface area (Å²) in [4.78, 5) is 51.9. The number of rotatable bonds is 4. The van der Waals surface area contributed by atoms with Crippen molar-refractivity contribution in [3.8, 4) is 5.75 Å². The molecule has 2 aromatic rings. The average molecular weight is 691 g/mol. The van der Waals surface area contributed by atoms with Crippen LogP contribution < -0.4 is 14.5 Å². The van der Waals surface area contributed by atoms with Gasteiger partial charge in [-0.1, -0.05) is 52.5 Å². The van der Waals surface area contributed by atoms with Crippen LogP contribution in [0.15, 0.2) is 46.5 Å². The van der Waals surface area contributed by atoms with E-state index < -0.39 is 49.6 Å². The molecule has 5 atom stereocenters. The number of ether oxygens (including phenoxy) is 1. The Morgan fingerprint density at radius 2 is 1.40 bits per heavy atom. The Hall–Kier alpha value is -2.00. The molecule has 1 saturated carbocycles. The van der Waals surface area contributed by atoms with E-state index in [1.54, 1.807) is 11.8 Å². The quantitative estimate of drug-likeness (QED) is 0.158. The van der Waals surface area contributed by atoms with Gasteiger partial charge in [0.15, 0.2) is 4.33 Å². The first-order valence-electron chi connectivity index (χ1n) is 13.0. The maximum atomic E-state index is 13.7. The average Bonchev–Trinajstić information content (AvgIpc) is 3.49. The Kier molecular flexibility index (Phi) is 6.97. The molecule has 2 aliphatic heterocycles. The molecular weight excluding hydrogens is 669 g/mol. The lowest BCUT2D eigenvalue weighted by Gasteiger charge is -2.34. The third-order valence-corrected chi connectivity index (χ3v) is 12.8. The molecule has 2 aromatic carbocycles. The summed E-state index contributed by atoms with van der Waals surface area (Å²) in [5, 5.41) is -0.342. The third kappa shape index (κ3) is 3.80. The van der Waals surface area contributed by atoms with Gasteiger partial charge in [-0.05, 0) is 67.8 Å². The lowest BCUT2D eigenvalue weighted by atomic mass is 9.84. The lowest BCUT2D eigenvalue weighted by molar-refractivity contribution is -0.139. The van der Waals surface area contributed by atoms with Gasteiger partial charge in [0.05, 0.1) is 33.5 Å². The van der Waals surface area contributed by atoms with Gasteiger partial charge in [0.1, 0.15) is 15.5 Å². The van der Waals surface area contributed by atoms with Crippen LogP contribution in [0.25, 0.3) is 0 Å². The largest absolute Gasteiger partial charge is 0.426 e. The molecule has 2 aliphatic carbocycles. The molecule has 4 aliphatic rings. The number of nitrogens with zero attached hydrogens (tertiary/aromatic N) is 2. The minimum absolute atomic E-state index is 0.0184. The number of imide groups is 1. The summed E-state index contributed by atoms with van der Waals surface area (Å²) in [6, 6.07) is 10.3. The van der Waals surface area contributed by atoms with Gasteiger partial charge in [0.25, 0.3) is 0 Å². The fourth-order valence-corrected chi connectivity index (χ4v) is 9.52. The molecule has 7 nitrogen and oxygen atoms in total. The summed E-state index contributed by atoms with van der Waals surface area (Å²) in [5.41, 5.74) is 3.45. The van der Waals surface area contributed by atoms with Crippen molar-refractivity contribution in [2.24, 2.45) is 17.8 Å². The number of carbonyl (C=O) groups is 4.